The van der Waals surface area contributed by atoms with Gasteiger partial charge in [-0.2, -0.15) is 5.10 Å². The maximum absolute atomic E-state index is 6.21. The maximum Gasteiger partial charge on any atom is 0.0900 e. The van der Waals surface area contributed by atoms with Crippen LogP contribution in [0, 0.1) is 13.8 Å². The normalized spacial score (nSPS) is 12.9. The number of aromatic nitrogens is 3. The topological polar surface area (TPSA) is 56.7 Å². The number of nitrogens with two attached hydrogens (primary N) is 1. The standard InChI is InChI=1S/C12H18N4S/c1-8-12(17-9(2)15-8)11(13)5-4-10-6-14-16(3)7-10/h6-7,11H,4-5,13H2,1-3H3. The first-order valence-corrected chi connectivity index (χ1v) is 6.55. The van der Waals surface area contributed by atoms with Crippen molar-refractivity contribution in [2.24, 2.45) is 12.8 Å². The van der Waals surface area contributed by atoms with Gasteiger partial charge in [0.15, 0.2) is 0 Å². The van der Waals surface area contributed by atoms with Crippen molar-refractivity contribution in [3.05, 3.63) is 33.5 Å². The zero-order valence-electron chi connectivity index (χ0n) is 10.5. The van der Waals surface area contributed by atoms with E-state index in [1.165, 1.54) is 10.4 Å². The third kappa shape index (κ3) is 2.92. The Morgan fingerprint density at radius 1 is 1.47 bits per heavy atom. The molecule has 0 radical (unpaired) electrons. The minimum Gasteiger partial charge on any atom is -0.323 e. The van der Waals surface area contributed by atoms with E-state index in [0.717, 1.165) is 23.5 Å². The molecule has 0 spiro atoms. The van der Waals surface area contributed by atoms with Crippen LogP contribution in [0.4, 0.5) is 0 Å². The second kappa shape index (κ2) is 4.98. The summed E-state index contributed by atoms with van der Waals surface area (Å²) in [5, 5.41) is 5.25. The van der Waals surface area contributed by atoms with E-state index in [0.29, 0.717) is 0 Å². The smallest absolute Gasteiger partial charge is 0.0900 e. The van der Waals surface area contributed by atoms with Crippen molar-refractivity contribution in [1.82, 2.24) is 14.8 Å². The lowest BCUT2D eigenvalue weighted by molar-refractivity contribution is 0.656. The third-order valence-electron chi connectivity index (χ3n) is 2.78. The molecule has 1 unspecified atom stereocenters. The zero-order chi connectivity index (χ0) is 12.4. The lowest BCUT2D eigenvalue weighted by Gasteiger charge is -2.09. The predicted octanol–water partition coefficient (Wildman–Crippen LogP) is 2.13. The highest BCUT2D eigenvalue weighted by Gasteiger charge is 2.13. The van der Waals surface area contributed by atoms with Crippen molar-refractivity contribution < 1.29 is 0 Å². The molecular weight excluding hydrogens is 232 g/mol. The molecule has 0 aliphatic carbocycles. The van der Waals surface area contributed by atoms with Crippen molar-refractivity contribution in [2.45, 2.75) is 32.7 Å². The van der Waals surface area contributed by atoms with Crippen LogP contribution in [0.15, 0.2) is 12.4 Å². The molecule has 2 heterocycles. The van der Waals surface area contributed by atoms with Crippen molar-refractivity contribution in [2.75, 3.05) is 0 Å². The van der Waals surface area contributed by atoms with Crippen LogP contribution >= 0.6 is 11.3 Å². The Hall–Kier alpha value is -1.20. The Morgan fingerprint density at radius 2 is 2.24 bits per heavy atom. The van der Waals surface area contributed by atoms with E-state index in [2.05, 4.69) is 10.1 Å². The zero-order valence-corrected chi connectivity index (χ0v) is 11.3. The minimum absolute atomic E-state index is 0.0846. The first kappa shape index (κ1) is 12.3. The van der Waals surface area contributed by atoms with Gasteiger partial charge in [-0.05, 0) is 32.3 Å². The van der Waals surface area contributed by atoms with E-state index < -0.39 is 0 Å². The molecule has 4 nitrogen and oxygen atoms in total. The molecule has 17 heavy (non-hydrogen) atoms. The van der Waals surface area contributed by atoms with E-state index in [1.807, 2.05) is 38.0 Å². The average Bonchev–Trinajstić information content (AvgIpc) is 2.81. The van der Waals surface area contributed by atoms with E-state index in [4.69, 9.17) is 5.73 Å². The summed E-state index contributed by atoms with van der Waals surface area (Å²) < 4.78 is 1.82. The highest BCUT2D eigenvalue weighted by molar-refractivity contribution is 7.11. The van der Waals surface area contributed by atoms with Crippen LogP contribution in [0.25, 0.3) is 0 Å². The van der Waals surface area contributed by atoms with E-state index >= 15 is 0 Å². The molecule has 0 aliphatic heterocycles. The summed E-state index contributed by atoms with van der Waals surface area (Å²) in [7, 11) is 1.93. The summed E-state index contributed by atoms with van der Waals surface area (Å²) in [5.74, 6) is 0. The molecule has 1 atom stereocenters. The van der Waals surface area contributed by atoms with Crippen LogP contribution in [-0.4, -0.2) is 14.8 Å². The van der Waals surface area contributed by atoms with Crippen molar-refractivity contribution in [3.63, 3.8) is 0 Å². The molecule has 2 N–H and O–H groups in total. The lowest BCUT2D eigenvalue weighted by atomic mass is 10.1. The number of hydrogen-bond acceptors (Lipinski definition) is 4. The molecule has 2 rings (SSSR count). The van der Waals surface area contributed by atoms with Crippen LogP contribution in [0.2, 0.25) is 0 Å². The molecule has 0 aliphatic rings. The number of aryl methyl sites for hydroxylation is 4. The second-order valence-electron chi connectivity index (χ2n) is 4.35. The van der Waals surface area contributed by atoms with Gasteiger partial charge >= 0.3 is 0 Å². The van der Waals surface area contributed by atoms with Gasteiger partial charge in [0.05, 0.1) is 16.9 Å². The molecule has 0 bridgehead atoms. The third-order valence-corrected chi connectivity index (χ3v) is 3.98. The van der Waals surface area contributed by atoms with E-state index in [-0.39, 0.29) is 6.04 Å². The Kier molecular flexibility index (Phi) is 3.59. The minimum atomic E-state index is 0.0846. The largest absolute Gasteiger partial charge is 0.323 e. The highest BCUT2D eigenvalue weighted by Crippen LogP contribution is 2.26. The van der Waals surface area contributed by atoms with Gasteiger partial charge < -0.3 is 5.73 Å². The summed E-state index contributed by atoms with van der Waals surface area (Å²) in [6, 6.07) is 0.0846. The van der Waals surface area contributed by atoms with Gasteiger partial charge in [0, 0.05) is 24.2 Å². The molecule has 0 saturated carbocycles. The molecule has 0 amide bonds. The molecule has 2 aromatic heterocycles. The Balaban J connectivity index is 1.97. The van der Waals surface area contributed by atoms with Crippen LogP contribution < -0.4 is 5.73 Å². The number of thiazole rings is 1. The Bertz CT molecular complexity index is 500. The Morgan fingerprint density at radius 3 is 2.76 bits per heavy atom. The van der Waals surface area contributed by atoms with Gasteiger partial charge in [-0.25, -0.2) is 4.98 Å². The van der Waals surface area contributed by atoms with Gasteiger partial charge in [0.1, 0.15) is 0 Å². The van der Waals surface area contributed by atoms with Gasteiger partial charge in [0.2, 0.25) is 0 Å². The summed E-state index contributed by atoms with van der Waals surface area (Å²) in [6.07, 6.45) is 5.84. The Labute approximate surface area is 105 Å². The SMILES string of the molecule is Cc1nc(C)c(C(N)CCc2cnn(C)c2)s1. The average molecular weight is 250 g/mol. The molecule has 0 aromatic carbocycles. The van der Waals surface area contributed by atoms with Gasteiger partial charge in [-0.3, -0.25) is 4.68 Å². The van der Waals surface area contributed by atoms with Crippen LogP contribution in [-0.2, 0) is 13.5 Å². The van der Waals surface area contributed by atoms with E-state index in [1.54, 1.807) is 11.3 Å². The van der Waals surface area contributed by atoms with Crippen LogP contribution in [0.3, 0.4) is 0 Å². The predicted molar refractivity (Wildman–Crippen MR) is 70.0 cm³/mol. The first-order valence-electron chi connectivity index (χ1n) is 5.73. The monoisotopic (exact) mass is 250 g/mol. The van der Waals surface area contributed by atoms with Crippen LogP contribution in [0.5, 0.6) is 0 Å². The summed E-state index contributed by atoms with van der Waals surface area (Å²) >= 11 is 1.71. The number of rotatable bonds is 4. The molecule has 0 fully saturated rings. The first-order chi connectivity index (χ1) is 8.06. The lowest BCUT2D eigenvalue weighted by Crippen LogP contribution is -2.10. The van der Waals surface area contributed by atoms with E-state index in [9.17, 15) is 0 Å². The van der Waals surface area contributed by atoms with Gasteiger partial charge in [0.25, 0.3) is 0 Å². The van der Waals surface area contributed by atoms with Crippen molar-refractivity contribution in [1.29, 1.82) is 0 Å². The summed E-state index contributed by atoms with van der Waals surface area (Å²) in [5.41, 5.74) is 8.52. The van der Waals surface area contributed by atoms with Gasteiger partial charge in [-0.1, -0.05) is 0 Å². The second-order valence-corrected chi connectivity index (χ2v) is 5.58. The number of nitrogens with zero attached hydrogens (tertiary/aromatic N) is 3. The molecule has 92 valence electrons. The summed E-state index contributed by atoms with van der Waals surface area (Å²) in [6.45, 7) is 4.05. The van der Waals surface area contributed by atoms with Crippen molar-refractivity contribution >= 4 is 11.3 Å². The maximum atomic E-state index is 6.21. The number of hydrogen-bond donors (Lipinski definition) is 1. The fourth-order valence-electron chi connectivity index (χ4n) is 1.95. The highest BCUT2D eigenvalue weighted by atomic mass is 32.1. The molecule has 0 saturated heterocycles. The van der Waals surface area contributed by atoms with Crippen molar-refractivity contribution in [3.8, 4) is 0 Å². The fraction of sp³-hybridized carbons (Fsp3) is 0.500. The molecule has 2 aromatic rings. The summed E-state index contributed by atoms with van der Waals surface area (Å²) in [4.78, 5) is 5.63. The quantitative estimate of drug-likeness (QED) is 0.904. The fourth-order valence-corrected chi connectivity index (χ4v) is 2.91. The van der Waals surface area contributed by atoms with Gasteiger partial charge in [-0.15, -0.1) is 11.3 Å². The molecular formula is C12H18N4S. The van der Waals surface area contributed by atoms with Crippen LogP contribution in [0.1, 0.15) is 33.6 Å². The molecule has 5 heteroatoms.